The van der Waals surface area contributed by atoms with Crippen molar-refractivity contribution in [3.63, 3.8) is 0 Å². The number of amides is 1. The third-order valence-electron chi connectivity index (χ3n) is 2.44. The van der Waals surface area contributed by atoms with Crippen molar-refractivity contribution in [2.75, 3.05) is 13.1 Å². The van der Waals surface area contributed by atoms with Gasteiger partial charge in [0, 0.05) is 19.1 Å². The van der Waals surface area contributed by atoms with Gasteiger partial charge in [-0.1, -0.05) is 13.8 Å². The molecule has 1 rings (SSSR count). The van der Waals surface area contributed by atoms with Crippen molar-refractivity contribution in [1.82, 2.24) is 10.6 Å². The highest BCUT2D eigenvalue weighted by Gasteiger charge is 2.23. The van der Waals surface area contributed by atoms with Gasteiger partial charge in [0.2, 0.25) is 0 Å². The van der Waals surface area contributed by atoms with Crippen LogP contribution in [0.2, 0.25) is 0 Å². The molecule has 0 unspecified atom stereocenters. The zero-order chi connectivity index (χ0) is 15.3. The van der Waals surface area contributed by atoms with Crippen molar-refractivity contribution in [3.05, 3.63) is 39.4 Å². The number of nitrogens with one attached hydrogen (secondary N) is 2. The van der Waals surface area contributed by atoms with E-state index in [-0.39, 0.29) is 12.6 Å². The lowest BCUT2D eigenvalue weighted by molar-refractivity contribution is -0.385. The molecule has 0 saturated carbocycles. The Morgan fingerprint density at radius 2 is 1.90 bits per heavy atom. The third-order valence-corrected chi connectivity index (χ3v) is 2.44. The van der Waals surface area contributed by atoms with Crippen LogP contribution in [0.4, 0.5) is 14.5 Å². The Balaban J connectivity index is 2.81. The van der Waals surface area contributed by atoms with Crippen LogP contribution in [-0.4, -0.2) is 30.0 Å². The second kappa shape index (κ2) is 6.90. The summed E-state index contributed by atoms with van der Waals surface area (Å²) in [6.07, 6.45) is 0. The van der Waals surface area contributed by atoms with E-state index < -0.39 is 33.7 Å². The van der Waals surface area contributed by atoms with Gasteiger partial charge in [-0.25, -0.2) is 8.78 Å². The molecule has 0 fully saturated rings. The highest BCUT2D eigenvalue weighted by Crippen LogP contribution is 2.22. The maximum absolute atomic E-state index is 13.1. The lowest BCUT2D eigenvalue weighted by Crippen LogP contribution is -2.34. The van der Waals surface area contributed by atoms with E-state index in [0.717, 1.165) is 0 Å². The molecule has 8 heteroatoms. The van der Waals surface area contributed by atoms with Gasteiger partial charge in [-0.15, -0.1) is 0 Å². The molecule has 0 aromatic heterocycles. The Morgan fingerprint density at radius 3 is 2.45 bits per heavy atom. The molecule has 0 aliphatic carbocycles. The van der Waals surface area contributed by atoms with E-state index in [9.17, 15) is 23.7 Å². The first-order chi connectivity index (χ1) is 9.32. The van der Waals surface area contributed by atoms with Gasteiger partial charge in [0.25, 0.3) is 11.6 Å². The van der Waals surface area contributed by atoms with E-state index >= 15 is 0 Å². The Bertz CT molecular complexity index is 521. The summed E-state index contributed by atoms with van der Waals surface area (Å²) in [5, 5.41) is 16.2. The maximum Gasteiger partial charge on any atom is 0.285 e. The first kappa shape index (κ1) is 16.0. The molecule has 0 radical (unpaired) electrons. The van der Waals surface area contributed by atoms with Gasteiger partial charge < -0.3 is 10.6 Å². The van der Waals surface area contributed by atoms with Crippen LogP contribution in [0.3, 0.4) is 0 Å². The standard InChI is InChI=1S/C12H15F2N3O3/c1-7(2)15-3-4-16-12(18)8-5-9(13)10(14)6-11(8)17(19)20/h5-7,15H,3-4H2,1-2H3,(H,16,18). The minimum absolute atomic E-state index is 0.215. The molecule has 1 aromatic rings. The molecule has 20 heavy (non-hydrogen) atoms. The number of nitrogens with zero attached hydrogens (tertiary/aromatic N) is 1. The first-order valence-electron chi connectivity index (χ1n) is 5.98. The van der Waals surface area contributed by atoms with E-state index in [1.807, 2.05) is 13.8 Å². The van der Waals surface area contributed by atoms with Crippen LogP contribution in [0.1, 0.15) is 24.2 Å². The van der Waals surface area contributed by atoms with Crippen LogP contribution in [-0.2, 0) is 0 Å². The summed E-state index contributed by atoms with van der Waals surface area (Å²) in [7, 11) is 0. The summed E-state index contributed by atoms with van der Waals surface area (Å²) in [6, 6.07) is 1.15. The molecule has 0 aliphatic heterocycles. The Kier molecular flexibility index (Phi) is 5.51. The molecule has 0 aliphatic rings. The fourth-order valence-electron chi connectivity index (χ4n) is 1.50. The smallest absolute Gasteiger partial charge is 0.285 e. The van der Waals surface area contributed by atoms with Gasteiger partial charge in [0.1, 0.15) is 5.56 Å². The fourth-order valence-corrected chi connectivity index (χ4v) is 1.50. The quantitative estimate of drug-likeness (QED) is 0.473. The van der Waals surface area contributed by atoms with E-state index in [2.05, 4.69) is 10.6 Å². The molecule has 0 saturated heterocycles. The topological polar surface area (TPSA) is 84.3 Å². The molecule has 0 spiro atoms. The lowest BCUT2D eigenvalue weighted by Gasteiger charge is -2.09. The number of carbonyl (C=O) groups is 1. The summed E-state index contributed by atoms with van der Waals surface area (Å²) in [4.78, 5) is 21.6. The number of hydrogen-bond donors (Lipinski definition) is 2. The molecule has 6 nitrogen and oxygen atoms in total. The van der Waals surface area contributed by atoms with Crippen LogP contribution >= 0.6 is 0 Å². The second-order valence-corrected chi connectivity index (χ2v) is 4.41. The summed E-state index contributed by atoms with van der Waals surface area (Å²) in [5.74, 6) is -3.49. The highest BCUT2D eigenvalue weighted by atomic mass is 19.2. The number of hydrogen-bond acceptors (Lipinski definition) is 4. The third kappa shape index (κ3) is 4.23. The predicted molar refractivity (Wildman–Crippen MR) is 68.5 cm³/mol. The van der Waals surface area contributed by atoms with Gasteiger partial charge in [0.15, 0.2) is 11.6 Å². The zero-order valence-corrected chi connectivity index (χ0v) is 11.1. The van der Waals surface area contributed by atoms with E-state index in [0.29, 0.717) is 18.7 Å². The minimum Gasteiger partial charge on any atom is -0.351 e. The zero-order valence-electron chi connectivity index (χ0n) is 11.1. The SMILES string of the molecule is CC(C)NCCNC(=O)c1cc(F)c(F)cc1[N+](=O)[O-]. The number of carbonyl (C=O) groups excluding carboxylic acids is 1. The largest absolute Gasteiger partial charge is 0.351 e. The Morgan fingerprint density at radius 1 is 1.30 bits per heavy atom. The van der Waals surface area contributed by atoms with Crippen molar-refractivity contribution in [2.24, 2.45) is 0 Å². The van der Waals surface area contributed by atoms with Crippen LogP contribution in [0, 0.1) is 21.7 Å². The van der Waals surface area contributed by atoms with E-state index in [4.69, 9.17) is 0 Å². The first-order valence-corrected chi connectivity index (χ1v) is 5.98. The molecule has 1 aromatic carbocycles. The number of benzene rings is 1. The van der Waals surface area contributed by atoms with E-state index in [1.54, 1.807) is 0 Å². The summed E-state index contributed by atoms with van der Waals surface area (Å²) >= 11 is 0. The molecule has 0 bridgehead atoms. The van der Waals surface area contributed by atoms with Gasteiger partial charge in [-0.2, -0.15) is 0 Å². The number of rotatable bonds is 6. The monoisotopic (exact) mass is 287 g/mol. The minimum atomic E-state index is -1.37. The summed E-state index contributed by atoms with van der Waals surface area (Å²) in [6.45, 7) is 4.51. The molecular weight excluding hydrogens is 272 g/mol. The predicted octanol–water partition coefficient (Wildman–Crippen LogP) is 1.60. The molecular formula is C12H15F2N3O3. The highest BCUT2D eigenvalue weighted by molar-refractivity contribution is 5.98. The van der Waals surface area contributed by atoms with Gasteiger partial charge in [0.05, 0.1) is 11.0 Å². The van der Waals surface area contributed by atoms with Gasteiger partial charge in [-0.3, -0.25) is 14.9 Å². The fraction of sp³-hybridized carbons (Fsp3) is 0.417. The molecule has 1 amide bonds. The normalized spacial score (nSPS) is 10.7. The molecule has 110 valence electrons. The maximum atomic E-state index is 13.1. The lowest BCUT2D eigenvalue weighted by atomic mass is 10.1. The van der Waals surface area contributed by atoms with Crippen molar-refractivity contribution in [2.45, 2.75) is 19.9 Å². The van der Waals surface area contributed by atoms with Crippen molar-refractivity contribution in [3.8, 4) is 0 Å². The van der Waals surface area contributed by atoms with E-state index in [1.165, 1.54) is 0 Å². The van der Waals surface area contributed by atoms with Gasteiger partial charge >= 0.3 is 0 Å². The summed E-state index contributed by atoms with van der Waals surface area (Å²) < 4.78 is 26.0. The number of nitro benzene ring substituents is 1. The van der Waals surface area contributed by atoms with Crippen LogP contribution < -0.4 is 10.6 Å². The van der Waals surface area contributed by atoms with Crippen molar-refractivity contribution >= 4 is 11.6 Å². The molecule has 0 heterocycles. The van der Waals surface area contributed by atoms with Crippen LogP contribution in [0.15, 0.2) is 12.1 Å². The van der Waals surface area contributed by atoms with Crippen molar-refractivity contribution in [1.29, 1.82) is 0 Å². The second-order valence-electron chi connectivity index (χ2n) is 4.41. The Hall–Kier alpha value is -2.09. The van der Waals surface area contributed by atoms with Crippen LogP contribution in [0.25, 0.3) is 0 Å². The molecule has 2 N–H and O–H groups in total. The number of halogens is 2. The Labute approximate surface area is 114 Å². The van der Waals surface area contributed by atoms with Gasteiger partial charge in [-0.05, 0) is 6.07 Å². The summed E-state index contributed by atoms with van der Waals surface area (Å²) in [5.41, 5.74) is -1.27. The average Bonchev–Trinajstić information content (AvgIpc) is 2.36. The average molecular weight is 287 g/mol. The van der Waals surface area contributed by atoms with Crippen molar-refractivity contribution < 1.29 is 18.5 Å². The number of nitro groups is 1. The van der Waals surface area contributed by atoms with Crippen LogP contribution in [0.5, 0.6) is 0 Å². The molecule has 0 atom stereocenters.